The maximum absolute atomic E-state index is 12.9. The molecule has 3 rings (SSSR count). The molecule has 104 valence electrons. The molecule has 0 aromatic heterocycles. The summed E-state index contributed by atoms with van der Waals surface area (Å²) in [6.45, 7) is 6.41. The van der Waals surface area contributed by atoms with Crippen LogP contribution < -0.4 is 9.92 Å². The molecule has 0 spiro atoms. The summed E-state index contributed by atoms with van der Waals surface area (Å²) in [4.78, 5) is 0.621. The van der Waals surface area contributed by atoms with Gasteiger partial charge in [-0.05, 0) is 23.4 Å². The van der Waals surface area contributed by atoms with Crippen molar-refractivity contribution in [3.8, 4) is 11.5 Å². The molecule has 0 saturated carbocycles. The standard InChI is InChI=1S/C15H16O3SSi/c1-20(2,3)14-10-6-8-12-15(14)19(16,17)13-9-5-4-7-11(13)18-12/h4-10H,1-3H3. The molecule has 3 nitrogen and oxygen atoms in total. The van der Waals surface area contributed by atoms with Crippen LogP contribution in [0.1, 0.15) is 0 Å². The van der Waals surface area contributed by atoms with E-state index in [0.29, 0.717) is 16.4 Å². The lowest BCUT2D eigenvalue weighted by molar-refractivity contribution is 0.444. The molecule has 1 heterocycles. The zero-order valence-corrected chi connectivity index (χ0v) is 13.5. The van der Waals surface area contributed by atoms with E-state index in [1.54, 1.807) is 30.3 Å². The molecular weight excluding hydrogens is 288 g/mol. The molecule has 0 radical (unpaired) electrons. The molecule has 0 fully saturated rings. The molecule has 1 aliphatic heterocycles. The van der Waals surface area contributed by atoms with E-state index in [1.807, 2.05) is 12.1 Å². The fourth-order valence-corrected chi connectivity index (χ4v) is 6.76. The number of para-hydroxylation sites is 1. The normalized spacial score (nSPS) is 15.9. The average molecular weight is 304 g/mol. The van der Waals surface area contributed by atoms with Crippen molar-refractivity contribution in [2.45, 2.75) is 29.4 Å². The second kappa shape index (κ2) is 4.20. The first-order chi connectivity index (χ1) is 9.32. The second-order valence-corrected chi connectivity index (χ2v) is 12.8. The first kappa shape index (κ1) is 13.4. The van der Waals surface area contributed by atoms with Crippen molar-refractivity contribution in [1.82, 2.24) is 0 Å². The van der Waals surface area contributed by atoms with Crippen molar-refractivity contribution in [3.63, 3.8) is 0 Å². The number of fused-ring (bicyclic) bond motifs is 2. The maximum atomic E-state index is 12.9. The van der Waals surface area contributed by atoms with E-state index in [4.69, 9.17) is 4.74 Å². The zero-order valence-electron chi connectivity index (χ0n) is 11.7. The topological polar surface area (TPSA) is 43.4 Å². The van der Waals surface area contributed by atoms with Gasteiger partial charge in [0.25, 0.3) is 0 Å². The van der Waals surface area contributed by atoms with Crippen molar-refractivity contribution in [2.24, 2.45) is 0 Å². The Hall–Kier alpha value is -1.59. The van der Waals surface area contributed by atoms with Gasteiger partial charge in [-0.1, -0.05) is 43.9 Å². The van der Waals surface area contributed by atoms with Crippen LogP contribution in [-0.4, -0.2) is 16.5 Å². The van der Waals surface area contributed by atoms with Gasteiger partial charge in [-0.15, -0.1) is 0 Å². The van der Waals surface area contributed by atoms with Gasteiger partial charge in [0.2, 0.25) is 9.84 Å². The molecular formula is C15H16O3SSi. The van der Waals surface area contributed by atoms with E-state index >= 15 is 0 Å². The van der Waals surface area contributed by atoms with E-state index in [1.165, 1.54) is 0 Å². The van der Waals surface area contributed by atoms with Crippen LogP contribution in [-0.2, 0) is 9.84 Å². The summed E-state index contributed by atoms with van der Waals surface area (Å²) >= 11 is 0. The van der Waals surface area contributed by atoms with Crippen LogP contribution in [0.5, 0.6) is 11.5 Å². The fraction of sp³-hybridized carbons (Fsp3) is 0.200. The van der Waals surface area contributed by atoms with Crippen LogP contribution in [0.2, 0.25) is 19.6 Å². The minimum absolute atomic E-state index is 0.262. The van der Waals surface area contributed by atoms with Crippen molar-refractivity contribution in [1.29, 1.82) is 0 Å². The molecule has 0 saturated heterocycles. The second-order valence-electron chi connectivity index (χ2n) is 5.94. The van der Waals surface area contributed by atoms with Crippen LogP contribution >= 0.6 is 0 Å². The highest BCUT2D eigenvalue weighted by Gasteiger charge is 2.36. The van der Waals surface area contributed by atoms with E-state index in [9.17, 15) is 8.42 Å². The highest BCUT2D eigenvalue weighted by atomic mass is 32.2. The third-order valence-corrected chi connectivity index (χ3v) is 7.50. The minimum atomic E-state index is -3.51. The Morgan fingerprint density at radius 3 is 2.25 bits per heavy atom. The molecule has 0 N–H and O–H groups in total. The highest BCUT2D eigenvalue weighted by molar-refractivity contribution is 7.92. The predicted octanol–water partition coefficient (Wildman–Crippen LogP) is 3.17. The summed E-state index contributed by atoms with van der Waals surface area (Å²) in [7, 11) is -5.29. The van der Waals surface area contributed by atoms with Gasteiger partial charge in [0, 0.05) is 0 Å². The van der Waals surface area contributed by atoms with Crippen LogP contribution in [0, 0.1) is 0 Å². The minimum Gasteiger partial charge on any atom is -0.455 e. The Morgan fingerprint density at radius 2 is 1.55 bits per heavy atom. The monoisotopic (exact) mass is 304 g/mol. The third-order valence-electron chi connectivity index (χ3n) is 3.41. The van der Waals surface area contributed by atoms with Gasteiger partial charge in [0.05, 0.1) is 8.07 Å². The van der Waals surface area contributed by atoms with Gasteiger partial charge in [-0.3, -0.25) is 0 Å². The van der Waals surface area contributed by atoms with Gasteiger partial charge in [-0.2, -0.15) is 0 Å². The first-order valence-corrected chi connectivity index (χ1v) is 11.5. The summed E-state index contributed by atoms with van der Waals surface area (Å²) in [5, 5.41) is 0.921. The number of hydrogen-bond acceptors (Lipinski definition) is 3. The van der Waals surface area contributed by atoms with Crippen LogP contribution in [0.4, 0.5) is 0 Å². The third kappa shape index (κ3) is 1.89. The van der Waals surface area contributed by atoms with E-state index in [2.05, 4.69) is 19.6 Å². The summed E-state index contributed by atoms with van der Waals surface area (Å²) in [5.74, 6) is 0.858. The smallest absolute Gasteiger partial charge is 0.213 e. The predicted molar refractivity (Wildman–Crippen MR) is 81.4 cm³/mol. The van der Waals surface area contributed by atoms with Crippen LogP contribution in [0.15, 0.2) is 52.3 Å². The van der Waals surface area contributed by atoms with Crippen molar-refractivity contribution >= 4 is 23.1 Å². The highest BCUT2D eigenvalue weighted by Crippen LogP contribution is 2.41. The van der Waals surface area contributed by atoms with Gasteiger partial charge in [0.15, 0.2) is 0 Å². The number of sulfone groups is 1. The van der Waals surface area contributed by atoms with E-state index in [-0.39, 0.29) is 4.90 Å². The van der Waals surface area contributed by atoms with Crippen molar-refractivity contribution in [3.05, 3.63) is 42.5 Å². The first-order valence-electron chi connectivity index (χ1n) is 6.47. The van der Waals surface area contributed by atoms with Gasteiger partial charge < -0.3 is 4.74 Å². The molecule has 0 atom stereocenters. The number of hydrogen-bond donors (Lipinski definition) is 0. The average Bonchev–Trinajstić information content (AvgIpc) is 2.37. The van der Waals surface area contributed by atoms with Crippen LogP contribution in [0.3, 0.4) is 0 Å². The SMILES string of the molecule is C[Si](C)(C)c1cccc2c1S(=O)(=O)c1ccccc1O2. The molecule has 1 aliphatic rings. The Labute approximate surface area is 120 Å². The maximum Gasteiger partial charge on any atom is 0.213 e. The largest absolute Gasteiger partial charge is 0.455 e. The van der Waals surface area contributed by atoms with Gasteiger partial charge >= 0.3 is 0 Å². The Balaban J connectivity index is 2.37. The summed E-state index contributed by atoms with van der Waals surface area (Å²) in [6.07, 6.45) is 0. The molecule has 0 unspecified atom stereocenters. The Kier molecular flexibility index (Phi) is 2.81. The van der Waals surface area contributed by atoms with Gasteiger partial charge in [0.1, 0.15) is 21.3 Å². The van der Waals surface area contributed by atoms with E-state index in [0.717, 1.165) is 5.19 Å². The molecule has 2 aromatic carbocycles. The van der Waals surface area contributed by atoms with Gasteiger partial charge in [-0.25, -0.2) is 8.42 Å². The van der Waals surface area contributed by atoms with E-state index < -0.39 is 17.9 Å². The zero-order chi connectivity index (χ0) is 14.5. The summed E-state index contributed by atoms with van der Waals surface area (Å²) in [5.41, 5.74) is 0. The Bertz CT molecular complexity index is 789. The molecule has 0 amide bonds. The quantitative estimate of drug-likeness (QED) is 0.649. The summed E-state index contributed by atoms with van der Waals surface area (Å²) < 4.78 is 31.6. The Morgan fingerprint density at radius 1 is 0.900 bits per heavy atom. The van der Waals surface area contributed by atoms with Crippen molar-refractivity contribution in [2.75, 3.05) is 0 Å². The molecule has 0 aliphatic carbocycles. The number of benzene rings is 2. The molecule has 0 bridgehead atoms. The molecule has 5 heteroatoms. The summed E-state index contributed by atoms with van der Waals surface area (Å²) in [6, 6.07) is 12.3. The number of ether oxygens (including phenoxy) is 1. The lowest BCUT2D eigenvalue weighted by Gasteiger charge is -2.26. The molecule has 2 aromatic rings. The van der Waals surface area contributed by atoms with Crippen LogP contribution in [0.25, 0.3) is 0 Å². The van der Waals surface area contributed by atoms with Crippen molar-refractivity contribution < 1.29 is 13.2 Å². The lowest BCUT2D eigenvalue weighted by Crippen LogP contribution is -2.41. The lowest BCUT2D eigenvalue weighted by atomic mass is 10.3. The molecule has 20 heavy (non-hydrogen) atoms. The number of rotatable bonds is 1. The fourth-order valence-electron chi connectivity index (χ4n) is 2.45.